The molecule has 1 atom stereocenters. The highest BCUT2D eigenvalue weighted by molar-refractivity contribution is 5.76. The monoisotopic (exact) mass is 327 g/mol. The van der Waals surface area contributed by atoms with Crippen LogP contribution in [0.25, 0.3) is 0 Å². The molecule has 3 rings (SSSR count). The van der Waals surface area contributed by atoms with Crippen LogP contribution in [0, 0.1) is 6.92 Å². The number of hydrogen-bond donors (Lipinski definition) is 1. The van der Waals surface area contributed by atoms with E-state index >= 15 is 0 Å². The molecule has 6 heteroatoms. The van der Waals surface area contributed by atoms with Crippen molar-refractivity contribution in [3.05, 3.63) is 48.0 Å². The van der Waals surface area contributed by atoms with Crippen LogP contribution in [-0.2, 0) is 17.9 Å². The fourth-order valence-corrected chi connectivity index (χ4v) is 3.21. The summed E-state index contributed by atoms with van der Waals surface area (Å²) in [6, 6.07) is 6.26. The molecule has 24 heavy (non-hydrogen) atoms. The van der Waals surface area contributed by atoms with E-state index in [1.807, 2.05) is 29.9 Å². The van der Waals surface area contributed by atoms with Crippen LogP contribution in [0.15, 0.2) is 36.8 Å². The molecular formula is C18H25N5O. The zero-order chi connectivity index (χ0) is 16.8. The largest absolute Gasteiger partial charge is 0.352 e. The molecule has 1 saturated heterocycles. The van der Waals surface area contributed by atoms with Gasteiger partial charge in [-0.05, 0) is 44.0 Å². The Bertz CT molecular complexity index is 654. The van der Waals surface area contributed by atoms with Crippen LogP contribution in [0.5, 0.6) is 0 Å². The molecule has 2 aromatic heterocycles. The Morgan fingerprint density at radius 2 is 2.29 bits per heavy atom. The molecule has 0 saturated carbocycles. The molecule has 0 bridgehead atoms. The lowest BCUT2D eigenvalue weighted by Gasteiger charge is -2.33. The van der Waals surface area contributed by atoms with Crippen LogP contribution in [0.1, 0.15) is 30.5 Å². The summed E-state index contributed by atoms with van der Waals surface area (Å²) in [6.07, 6.45) is 8.12. The molecule has 1 aliphatic rings. The Kier molecular flexibility index (Phi) is 5.59. The second kappa shape index (κ2) is 8.06. The van der Waals surface area contributed by atoms with Crippen molar-refractivity contribution in [3.8, 4) is 0 Å². The molecule has 0 aliphatic carbocycles. The number of aromatic nitrogens is 3. The molecule has 128 valence electrons. The minimum Gasteiger partial charge on any atom is -0.352 e. The van der Waals surface area contributed by atoms with Crippen molar-refractivity contribution < 1.29 is 4.79 Å². The maximum atomic E-state index is 12.2. The molecule has 2 aromatic rings. The Balaban J connectivity index is 1.44. The van der Waals surface area contributed by atoms with Crippen molar-refractivity contribution in [3.63, 3.8) is 0 Å². The topological polar surface area (TPSA) is 63.1 Å². The Labute approximate surface area is 142 Å². The zero-order valence-electron chi connectivity index (χ0n) is 14.2. The lowest BCUT2D eigenvalue weighted by atomic mass is 10.0. The van der Waals surface area contributed by atoms with Crippen LogP contribution in [0.4, 0.5) is 0 Å². The Hall–Kier alpha value is -2.21. The fourth-order valence-electron chi connectivity index (χ4n) is 3.21. The van der Waals surface area contributed by atoms with Gasteiger partial charge in [0, 0.05) is 56.4 Å². The van der Waals surface area contributed by atoms with Gasteiger partial charge in [0.25, 0.3) is 0 Å². The summed E-state index contributed by atoms with van der Waals surface area (Å²) < 4.78 is 1.87. The number of piperidine rings is 1. The number of likely N-dealkylation sites (tertiary alicyclic amines) is 1. The SMILES string of the molecule is Cc1ccnn1CCC(=O)N[C@@H]1CCCN(Cc2cccnc2)C1. The number of hydrogen-bond acceptors (Lipinski definition) is 4. The van der Waals surface area contributed by atoms with Crippen molar-refractivity contribution in [2.75, 3.05) is 13.1 Å². The number of pyridine rings is 1. The molecule has 0 spiro atoms. The quantitative estimate of drug-likeness (QED) is 0.878. The summed E-state index contributed by atoms with van der Waals surface area (Å²) >= 11 is 0. The van der Waals surface area contributed by atoms with E-state index in [0.717, 1.165) is 38.2 Å². The van der Waals surface area contributed by atoms with Gasteiger partial charge in [-0.2, -0.15) is 5.10 Å². The van der Waals surface area contributed by atoms with Crippen molar-refractivity contribution in [2.45, 2.75) is 45.3 Å². The minimum absolute atomic E-state index is 0.109. The third-order valence-electron chi connectivity index (χ3n) is 4.48. The first-order valence-electron chi connectivity index (χ1n) is 8.60. The van der Waals surface area contributed by atoms with Gasteiger partial charge in [0.1, 0.15) is 0 Å². The maximum absolute atomic E-state index is 12.2. The third-order valence-corrected chi connectivity index (χ3v) is 4.48. The smallest absolute Gasteiger partial charge is 0.222 e. The van der Waals surface area contributed by atoms with E-state index in [-0.39, 0.29) is 11.9 Å². The summed E-state index contributed by atoms with van der Waals surface area (Å²) in [5.41, 5.74) is 2.31. The highest BCUT2D eigenvalue weighted by atomic mass is 16.1. The van der Waals surface area contributed by atoms with Crippen LogP contribution in [0.3, 0.4) is 0 Å². The Morgan fingerprint density at radius 3 is 3.04 bits per heavy atom. The number of amides is 1. The maximum Gasteiger partial charge on any atom is 0.222 e. The van der Waals surface area contributed by atoms with Gasteiger partial charge < -0.3 is 5.32 Å². The summed E-state index contributed by atoms with van der Waals surface area (Å²) in [5.74, 6) is 0.109. The first-order chi connectivity index (χ1) is 11.7. The molecule has 0 radical (unpaired) electrons. The van der Waals surface area contributed by atoms with Gasteiger partial charge in [-0.1, -0.05) is 6.07 Å². The van der Waals surface area contributed by atoms with Gasteiger partial charge in [-0.15, -0.1) is 0 Å². The van der Waals surface area contributed by atoms with E-state index < -0.39 is 0 Å². The van der Waals surface area contributed by atoms with E-state index in [1.54, 1.807) is 12.4 Å². The standard InChI is InChI=1S/C18H25N5O/c1-15-6-9-20-23(15)11-7-18(24)21-17-5-3-10-22(14-17)13-16-4-2-8-19-12-16/h2,4,6,8-9,12,17H,3,5,7,10-11,13-14H2,1H3,(H,21,24)/t17-/m1/s1. The van der Waals surface area contributed by atoms with Gasteiger partial charge >= 0.3 is 0 Å². The lowest BCUT2D eigenvalue weighted by molar-refractivity contribution is -0.122. The van der Waals surface area contributed by atoms with Crippen LogP contribution < -0.4 is 5.32 Å². The summed E-state index contributed by atoms with van der Waals surface area (Å²) in [6.45, 7) is 5.51. The number of nitrogens with one attached hydrogen (secondary N) is 1. The van der Waals surface area contributed by atoms with E-state index in [1.165, 1.54) is 5.56 Å². The van der Waals surface area contributed by atoms with Crippen LogP contribution >= 0.6 is 0 Å². The molecule has 1 fully saturated rings. The van der Waals surface area contributed by atoms with E-state index in [2.05, 4.69) is 26.4 Å². The summed E-state index contributed by atoms with van der Waals surface area (Å²) in [5, 5.41) is 7.40. The van der Waals surface area contributed by atoms with Crippen molar-refractivity contribution in [1.29, 1.82) is 0 Å². The molecule has 0 unspecified atom stereocenters. The van der Waals surface area contributed by atoms with E-state index in [9.17, 15) is 4.79 Å². The second-order valence-corrected chi connectivity index (χ2v) is 6.45. The first-order valence-corrected chi connectivity index (χ1v) is 8.60. The van der Waals surface area contributed by atoms with Crippen LogP contribution in [0.2, 0.25) is 0 Å². The average Bonchev–Trinajstić information content (AvgIpc) is 2.99. The molecule has 3 heterocycles. The molecular weight excluding hydrogens is 302 g/mol. The van der Waals surface area contributed by atoms with Gasteiger partial charge in [0.05, 0.1) is 0 Å². The number of carbonyl (C=O) groups is 1. The second-order valence-electron chi connectivity index (χ2n) is 6.45. The zero-order valence-corrected chi connectivity index (χ0v) is 14.2. The highest BCUT2D eigenvalue weighted by Gasteiger charge is 2.21. The molecule has 6 nitrogen and oxygen atoms in total. The fraction of sp³-hybridized carbons (Fsp3) is 0.500. The normalized spacial score (nSPS) is 18.5. The first kappa shape index (κ1) is 16.6. The third kappa shape index (κ3) is 4.64. The Morgan fingerprint density at radius 1 is 1.38 bits per heavy atom. The predicted molar refractivity (Wildman–Crippen MR) is 92.3 cm³/mol. The highest BCUT2D eigenvalue weighted by Crippen LogP contribution is 2.13. The van der Waals surface area contributed by atoms with E-state index in [0.29, 0.717) is 13.0 Å². The number of carbonyl (C=O) groups excluding carboxylic acids is 1. The number of rotatable bonds is 6. The number of aryl methyl sites for hydroxylation is 2. The minimum atomic E-state index is 0.109. The van der Waals surface area contributed by atoms with Crippen molar-refractivity contribution in [2.24, 2.45) is 0 Å². The van der Waals surface area contributed by atoms with Gasteiger partial charge in [-0.25, -0.2) is 0 Å². The van der Waals surface area contributed by atoms with Crippen molar-refractivity contribution >= 4 is 5.91 Å². The van der Waals surface area contributed by atoms with E-state index in [4.69, 9.17) is 0 Å². The summed E-state index contributed by atoms with van der Waals surface area (Å²) in [4.78, 5) is 18.8. The van der Waals surface area contributed by atoms with Crippen molar-refractivity contribution in [1.82, 2.24) is 25.0 Å². The molecule has 1 amide bonds. The average molecular weight is 327 g/mol. The molecule has 1 aliphatic heterocycles. The lowest BCUT2D eigenvalue weighted by Crippen LogP contribution is -2.47. The number of nitrogens with zero attached hydrogens (tertiary/aromatic N) is 4. The summed E-state index contributed by atoms with van der Waals surface area (Å²) in [7, 11) is 0. The molecule has 0 aromatic carbocycles. The van der Waals surface area contributed by atoms with Gasteiger partial charge in [0.2, 0.25) is 5.91 Å². The molecule has 1 N–H and O–H groups in total. The predicted octanol–water partition coefficient (Wildman–Crippen LogP) is 1.76. The van der Waals surface area contributed by atoms with Crippen LogP contribution in [-0.4, -0.2) is 44.7 Å². The van der Waals surface area contributed by atoms with Gasteiger partial charge in [0.15, 0.2) is 0 Å². The van der Waals surface area contributed by atoms with Gasteiger partial charge in [-0.3, -0.25) is 19.4 Å².